The summed E-state index contributed by atoms with van der Waals surface area (Å²) in [5.74, 6) is 0.462. The topological polar surface area (TPSA) is 105 Å². The summed E-state index contributed by atoms with van der Waals surface area (Å²) >= 11 is 0. The maximum atomic E-state index is 13.1. The third-order valence-corrected chi connectivity index (χ3v) is 4.95. The van der Waals surface area contributed by atoms with Gasteiger partial charge in [-0.15, -0.1) is 0 Å². The second kappa shape index (κ2) is 12.8. The van der Waals surface area contributed by atoms with Crippen molar-refractivity contribution in [3.63, 3.8) is 0 Å². The summed E-state index contributed by atoms with van der Waals surface area (Å²) in [7, 11) is 1.64. The zero-order valence-corrected chi connectivity index (χ0v) is 20.3. The average molecular weight is 490 g/mol. The lowest BCUT2D eigenvalue weighted by molar-refractivity contribution is -0.125. The molecule has 1 aromatic heterocycles. The summed E-state index contributed by atoms with van der Waals surface area (Å²) in [4.78, 5) is 32.9. The monoisotopic (exact) mass is 489 g/mol. The Morgan fingerprint density at radius 3 is 2.33 bits per heavy atom. The first-order chi connectivity index (χ1) is 17.3. The van der Waals surface area contributed by atoms with E-state index in [1.54, 1.807) is 49.6 Å². The molecular formula is C27H28FN5O3. The van der Waals surface area contributed by atoms with Gasteiger partial charge < -0.3 is 20.7 Å². The van der Waals surface area contributed by atoms with E-state index in [-0.39, 0.29) is 17.6 Å². The molecule has 9 heteroatoms. The molecule has 186 valence electrons. The highest BCUT2D eigenvalue weighted by Gasteiger charge is 2.20. The van der Waals surface area contributed by atoms with Crippen LogP contribution in [0.1, 0.15) is 20.3 Å². The molecule has 0 fully saturated rings. The summed E-state index contributed by atoms with van der Waals surface area (Å²) in [5.41, 5.74) is 2.32. The predicted octanol–water partition coefficient (Wildman–Crippen LogP) is 4.66. The Morgan fingerprint density at radius 2 is 1.69 bits per heavy atom. The van der Waals surface area contributed by atoms with Gasteiger partial charge in [0.15, 0.2) is 0 Å². The molecule has 2 aromatic carbocycles. The maximum absolute atomic E-state index is 13.1. The van der Waals surface area contributed by atoms with Crippen molar-refractivity contribution < 1.29 is 18.7 Å². The van der Waals surface area contributed by atoms with E-state index in [1.807, 2.05) is 25.1 Å². The van der Waals surface area contributed by atoms with Crippen LogP contribution < -0.4 is 20.7 Å². The highest BCUT2D eigenvalue weighted by atomic mass is 19.1. The number of anilines is 1. The van der Waals surface area contributed by atoms with Gasteiger partial charge in [0.05, 0.1) is 12.0 Å². The molecule has 0 spiro atoms. The first kappa shape index (κ1) is 26.1. The third-order valence-electron chi connectivity index (χ3n) is 4.95. The number of rotatable bonds is 10. The number of hydrogen-bond acceptors (Lipinski definition) is 5. The average Bonchev–Trinajstić information content (AvgIpc) is 2.85. The smallest absolute Gasteiger partial charge is 0.248 e. The maximum Gasteiger partial charge on any atom is 0.248 e. The van der Waals surface area contributed by atoms with E-state index in [1.165, 1.54) is 25.4 Å². The first-order valence-electron chi connectivity index (χ1n) is 11.3. The molecule has 0 saturated carbocycles. The van der Waals surface area contributed by atoms with E-state index in [0.717, 1.165) is 11.1 Å². The lowest BCUT2D eigenvalue weighted by Crippen LogP contribution is -2.43. The molecule has 0 saturated heterocycles. The number of aliphatic imine (C=N–C) groups is 1. The largest absolute Gasteiger partial charge is 0.457 e. The summed E-state index contributed by atoms with van der Waals surface area (Å²) in [6.07, 6.45) is 3.55. The van der Waals surface area contributed by atoms with Gasteiger partial charge >= 0.3 is 0 Å². The quantitative estimate of drug-likeness (QED) is 0.284. The third kappa shape index (κ3) is 8.05. The van der Waals surface area contributed by atoms with Crippen LogP contribution in [0.4, 0.5) is 10.2 Å². The van der Waals surface area contributed by atoms with Crippen molar-refractivity contribution in [1.29, 1.82) is 0 Å². The summed E-state index contributed by atoms with van der Waals surface area (Å²) < 4.78 is 18.8. The fourth-order valence-electron chi connectivity index (χ4n) is 3.30. The van der Waals surface area contributed by atoms with E-state index in [0.29, 0.717) is 29.4 Å². The number of nitrogens with zero attached hydrogens (tertiary/aromatic N) is 2. The van der Waals surface area contributed by atoms with Crippen LogP contribution in [0, 0.1) is 5.82 Å². The molecule has 8 nitrogen and oxygen atoms in total. The standard InChI is InChI=1S/C27H28FN5O3/c1-18(16-30-17-29-3)15-25(31-19(2)34)27(35)33-26-6-4-5-24(32-26)20-7-11-22(12-8-20)36-23-13-9-21(28)10-14-23/h4-14,16-17,25H,15H2,1-3H3,(H,29,30)(H,31,34)(H,32,33,35)/b18-16+/t25-/m0/s1. The van der Waals surface area contributed by atoms with Crippen molar-refractivity contribution in [2.75, 3.05) is 12.4 Å². The van der Waals surface area contributed by atoms with Gasteiger partial charge in [-0.1, -0.05) is 11.6 Å². The second-order valence-electron chi connectivity index (χ2n) is 7.98. The number of carbonyl (C=O) groups is 2. The number of nitrogens with one attached hydrogen (secondary N) is 3. The van der Waals surface area contributed by atoms with Crippen LogP contribution in [0.25, 0.3) is 11.3 Å². The van der Waals surface area contributed by atoms with E-state index in [4.69, 9.17) is 4.74 Å². The van der Waals surface area contributed by atoms with Gasteiger partial charge in [0.2, 0.25) is 11.8 Å². The lowest BCUT2D eigenvalue weighted by atomic mass is 10.1. The van der Waals surface area contributed by atoms with Gasteiger partial charge in [-0.2, -0.15) is 0 Å². The molecule has 3 N–H and O–H groups in total. The molecule has 1 heterocycles. The van der Waals surface area contributed by atoms with Gasteiger partial charge in [-0.3, -0.25) is 14.6 Å². The fraction of sp³-hybridized carbons (Fsp3) is 0.185. The van der Waals surface area contributed by atoms with Crippen molar-refractivity contribution in [1.82, 2.24) is 15.6 Å². The molecule has 0 aliphatic heterocycles. The second-order valence-corrected chi connectivity index (χ2v) is 7.98. The normalized spacial score (nSPS) is 12.2. The molecule has 0 unspecified atom stereocenters. The summed E-state index contributed by atoms with van der Waals surface area (Å²) in [6, 6.07) is 17.5. The van der Waals surface area contributed by atoms with Crippen LogP contribution >= 0.6 is 0 Å². The van der Waals surface area contributed by atoms with Crippen LogP contribution in [-0.4, -0.2) is 36.2 Å². The van der Waals surface area contributed by atoms with E-state index >= 15 is 0 Å². The molecule has 3 aromatic rings. The van der Waals surface area contributed by atoms with Crippen LogP contribution in [0.15, 0.2) is 83.5 Å². The highest BCUT2D eigenvalue weighted by Crippen LogP contribution is 2.26. The zero-order valence-electron chi connectivity index (χ0n) is 20.3. The van der Waals surface area contributed by atoms with Crippen LogP contribution in [0.3, 0.4) is 0 Å². The summed E-state index contributed by atoms with van der Waals surface area (Å²) in [5, 5.41) is 8.36. The number of aromatic nitrogens is 1. The number of pyridine rings is 1. The van der Waals surface area contributed by atoms with E-state index in [2.05, 4.69) is 25.9 Å². The Bertz CT molecular complexity index is 1240. The molecule has 0 radical (unpaired) electrons. The minimum atomic E-state index is -0.771. The lowest BCUT2D eigenvalue weighted by Gasteiger charge is -2.18. The number of ether oxygens (including phenoxy) is 1. The Labute approximate surface area is 209 Å². The van der Waals surface area contributed by atoms with Crippen molar-refractivity contribution in [3.05, 3.63) is 84.3 Å². The minimum absolute atomic E-state index is 0.310. The van der Waals surface area contributed by atoms with E-state index in [9.17, 15) is 14.0 Å². The highest BCUT2D eigenvalue weighted by molar-refractivity contribution is 5.96. The van der Waals surface area contributed by atoms with Gasteiger partial charge in [-0.25, -0.2) is 9.37 Å². The Morgan fingerprint density at radius 1 is 1.03 bits per heavy atom. The molecule has 0 aliphatic rings. The number of amides is 2. The van der Waals surface area contributed by atoms with Crippen LogP contribution in [0.5, 0.6) is 11.5 Å². The van der Waals surface area contributed by atoms with Gasteiger partial charge in [0.25, 0.3) is 0 Å². The van der Waals surface area contributed by atoms with Crippen molar-refractivity contribution in [3.8, 4) is 22.8 Å². The molecule has 36 heavy (non-hydrogen) atoms. The van der Waals surface area contributed by atoms with Crippen molar-refractivity contribution in [2.24, 2.45) is 4.99 Å². The van der Waals surface area contributed by atoms with Gasteiger partial charge in [0, 0.05) is 25.7 Å². The Hall–Kier alpha value is -4.53. The SMILES string of the molecule is C/N=C/N/C=C(\C)C[C@H](NC(C)=O)C(=O)Nc1cccc(-c2ccc(Oc3ccc(F)cc3)cc2)n1. The van der Waals surface area contributed by atoms with Crippen molar-refractivity contribution >= 4 is 24.0 Å². The number of halogens is 1. The molecule has 3 rings (SSSR count). The summed E-state index contributed by atoms with van der Waals surface area (Å²) in [6.45, 7) is 3.21. The fourth-order valence-corrected chi connectivity index (χ4v) is 3.30. The van der Waals surface area contributed by atoms with Gasteiger partial charge in [0.1, 0.15) is 29.2 Å². The van der Waals surface area contributed by atoms with Crippen molar-refractivity contribution in [2.45, 2.75) is 26.3 Å². The molecule has 1 atom stereocenters. The minimum Gasteiger partial charge on any atom is -0.457 e. The van der Waals surface area contributed by atoms with Gasteiger partial charge in [-0.05, 0) is 74.0 Å². The Balaban J connectivity index is 1.69. The zero-order chi connectivity index (χ0) is 25.9. The van der Waals surface area contributed by atoms with E-state index < -0.39 is 6.04 Å². The van der Waals surface area contributed by atoms with Crippen LogP contribution in [0.2, 0.25) is 0 Å². The number of hydrogen-bond donors (Lipinski definition) is 3. The molecule has 0 aliphatic carbocycles. The van der Waals surface area contributed by atoms with Crippen LogP contribution in [-0.2, 0) is 9.59 Å². The molecule has 0 bridgehead atoms. The predicted molar refractivity (Wildman–Crippen MR) is 138 cm³/mol. The molecular weight excluding hydrogens is 461 g/mol. The first-order valence-corrected chi connectivity index (χ1v) is 11.3. The molecule has 2 amide bonds. The number of benzene rings is 2. The number of carbonyl (C=O) groups excluding carboxylic acids is 2. The Kier molecular flexibility index (Phi) is 9.27.